The maximum absolute atomic E-state index is 11.8. The fourth-order valence-corrected chi connectivity index (χ4v) is 3.00. The van der Waals surface area contributed by atoms with Gasteiger partial charge in [-0.1, -0.05) is 18.2 Å². The molecule has 0 spiro atoms. The number of primary amides is 1. The van der Waals surface area contributed by atoms with Crippen molar-refractivity contribution in [1.29, 1.82) is 0 Å². The molecule has 0 saturated carbocycles. The van der Waals surface area contributed by atoms with Crippen LogP contribution in [0.25, 0.3) is 0 Å². The Labute approximate surface area is 167 Å². The molecule has 0 aliphatic rings. The summed E-state index contributed by atoms with van der Waals surface area (Å²) in [5, 5.41) is 20.3. The predicted octanol–water partition coefficient (Wildman–Crippen LogP) is 1.74. The number of nitrogens with two attached hydrogens (primary N) is 2. The molecule has 10 nitrogen and oxygen atoms in total. The van der Waals surface area contributed by atoms with Gasteiger partial charge in [0.15, 0.2) is 0 Å². The quantitative estimate of drug-likeness (QED) is 0.390. The summed E-state index contributed by atoms with van der Waals surface area (Å²) in [7, 11) is -1.77. The molecular weight excluding hydrogens is 396 g/mol. The van der Waals surface area contributed by atoms with Gasteiger partial charge in [0.05, 0.1) is 16.1 Å². The Hall–Kier alpha value is -3.83. The smallest absolute Gasteiger partial charge is 0.335 e. The third kappa shape index (κ3) is 4.72. The van der Waals surface area contributed by atoms with Crippen molar-refractivity contribution >= 4 is 46.0 Å². The van der Waals surface area contributed by atoms with Crippen molar-refractivity contribution in [3.05, 3.63) is 65.9 Å². The van der Waals surface area contributed by atoms with E-state index in [9.17, 15) is 13.8 Å². The first-order valence-corrected chi connectivity index (χ1v) is 9.36. The number of carboxylic acids is 1. The number of carboxylic acid groups (broad SMARTS) is 1. The molecule has 2 aromatic carbocycles. The summed E-state index contributed by atoms with van der Waals surface area (Å²) < 4.78 is 11.7. The molecule has 3 rings (SSSR count). The molecular formula is C18H16N6O4S. The van der Waals surface area contributed by atoms with Crippen LogP contribution >= 0.6 is 0 Å². The van der Waals surface area contributed by atoms with Gasteiger partial charge in [0.25, 0.3) is 5.91 Å². The molecule has 0 bridgehead atoms. The standard InChI is InChI=1S/C18H16N6O4S/c19-15(25)12-9-21-18(22-11-5-3-4-10(8-11)17(26)27)24-16(12)23-13-6-1-2-7-14(13)29(20)28/h1-9H,20H2,(H2,19,25)(H,26,27)(H2,21,22,23,24). The third-order valence-electron chi connectivity index (χ3n) is 3.78. The predicted molar refractivity (Wildman–Crippen MR) is 108 cm³/mol. The second-order valence-corrected chi connectivity index (χ2v) is 6.78. The minimum atomic E-state index is -1.77. The lowest BCUT2D eigenvalue weighted by molar-refractivity contribution is 0.0696. The number of para-hydroxylation sites is 1. The summed E-state index contributed by atoms with van der Waals surface area (Å²) >= 11 is 0. The first kappa shape index (κ1) is 19.9. The normalized spacial score (nSPS) is 11.5. The van der Waals surface area contributed by atoms with Crippen LogP contribution in [0.1, 0.15) is 20.7 Å². The maximum Gasteiger partial charge on any atom is 0.335 e. The summed E-state index contributed by atoms with van der Waals surface area (Å²) in [6, 6.07) is 12.6. The fourth-order valence-electron chi connectivity index (χ4n) is 2.45. The van der Waals surface area contributed by atoms with E-state index in [2.05, 4.69) is 20.6 Å². The zero-order chi connectivity index (χ0) is 21.0. The zero-order valence-corrected chi connectivity index (χ0v) is 15.6. The van der Waals surface area contributed by atoms with Gasteiger partial charge in [-0.3, -0.25) is 4.79 Å². The SMILES string of the molecule is NC(=O)c1cnc(Nc2cccc(C(=O)O)c2)nc1Nc1ccccc1S(N)=O. The third-order valence-corrected chi connectivity index (χ3v) is 4.57. The molecule has 0 aliphatic carbocycles. The van der Waals surface area contributed by atoms with Crippen LogP contribution in [0.5, 0.6) is 0 Å². The van der Waals surface area contributed by atoms with E-state index >= 15 is 0 Å². The molecule has 0 saturated heterocycles. The van der Waals surface area contributed by atoms with E-state index in [-0.39, 0.29) is 22.9 Å². The average Bonchev–Trinajstić information content (AvgIpc) is 2.68. The van der Waals surface area contributed by atoms with Gasteiger partial charge in [-0.25, -0.2) is 19.1 Å². The maximum atomic E-state index is 11.8. The number of hydrogen-bond donors (Lipinski definition) is 5. The van der Waals surface area contributed by atoms with Gasteiger partial charge in [-0.15, -0.1) is 0 Å². The Morgan fingerprint density at radius 2 is 1.83 bits per heavy atom. The number of carbonyl (C=O) groups is 2. The highest BCUT2D eigenvalue weighted by Crippen LogP contribution is 2.25. The molecule has 1 unspecified atom stereocenters. The van der Waals surface area contributed by atoms with E-state index in [1.807, 2.05) is 0 Å². The lowest BCUT2D eigenvalue weighted by Crippen LogP contribution is -2.16. The first-order chi connectivity index (χ1) is 13.8. The number of nitrogens with zero attached hydrogens (tertiary/aromatic N) is 2. The van der Waals surface area contributed by atoms with E-state index in [0.29, 0.717) is 16.3 Å². The van der Waals surface area contributed by atoms with Gasteiger partial charge in [-0.2, -0.15) is 4.98 Å². The van der Waals surface area contributed by atoms with E-state index < -0.39 is 22.9 Å². The molecule has 0 fully saturated rings. The highest BCUT2D eigenvalue weighted by atomic mass is 32.2. The largest absolute Gasteiger partial charge is 0.478 e. The summed E-state index contributed by atoms with van der Waals surface area (Å²) in [6.07, 6.45) is 1.23. The molecule has 0 radical (unpaired) electrons. The Morgan fingerprint density at radius 1 is 1.07 bits per heavy atom. The minimum Gasteiger partial charge on any atom is -0.478 e. The van der Waals surface area contributed by atoms with Crippen molar-refractivity contribution < 1.29 is 18.9 Å². The number of hydrogen-bond acceptors (Lipinski definition) is 7. The van der Waals surface area contributed by atoms with Gasteiger partial charge < -0.3 is 21.5 Å². The second-order valence-electron chi connectivity index (χ2n) is 5.75. The number of rotatable bonds is 7. The van der Waals surface area contributed by atoms with Crippen molar-refractivity contribution in [3.8, 4) is 0 Å². The average molecular weight is 412 g/mol. The van der Waals surface area contributed by atoms with Crippen LogP contribution in [0.4, 0.5) is 23.1 Å². The highest BCUT2D eigenvalue weighted by Gasteiger charge is 2.15. The number of aromatic nitrogens is 2. The van der Waals surface area contributed by atoms with Crippen LogP contribution in [0.2, 0.25) is 0 Å². The second kappa shape index (κ2) is 8.46. The van der Waals surface area contributed by atoms with E-state index in [0.717, 1.165) is 0 Å². The molecule has 148 valence electrons. The molecule has 29 heavy (non-hydrogen) atoms. The van der Waals surface area contributed by atoms with Crippen molar-refractivity contribution in [2.75, 3.05) is 10.6 Å². The van der Waals surface area contributed by atoms with E-state index in [4.69, 9.17) is 16.0 Å². The lowest BCUT2D eigenvalue weighted by Gasteiger charge is -2.13. The molecule has 1 aromatic heterocycles. The molecule has 0 aliphatic heterocycles. The molecule has 11 heteroatoms. The van der Waals surface area contributed by atoms with Crippen LogP contribution in [0, 0.1) is 0 Å². The summed E-state index contributed by atoms with van der Waals surface area (Å²) in [6.45, 7) is 0. The van der Waals surface area contributed by atoms with Crippen LogP contribution in [0.15, 0.2) is 59.6 Å². The van der Waals surface area contributed by atoms with Gasteiger partial charge in [0.1, 0.15) is 22.4 Å². The van der Waals surface area contributed by atoms with Crippen LogP contribution < -0.4 is 21.5 Å². The van der Waals surface area contributed by atoms with Crippen molar-refractivity contribution in [1.82, 2.24) is 9.97 Å². The van der Waals surface area contributed by atoms with Crippen LogP contribution in [0.3, 0.4) is 0 Å². The Balaban J connectivity index is 1.97. The van der Waals surface area contributed by atoms with Gasteiger partial charge >= 0.3 is 5.97 Å². The lowest BCUT2D eigenvalue weighted by atomic mass is 10.2. The number of benzene rings is 2. The molecule has 1 heterocycles. The van der Waals surface area contributed by atoms with Gasteiger partial charge in [0.2, 0.25) is 5.95 Å². The topological polar surface area (TPSA) is 173 Å². The summed E-state index contributed by atoms with van der Waals surface area (Å²) in [5.41, 5.74) is 6.30. The Bertz CT molecular complexity index is 1120. The summed E-state index contributed by atoms with van der Waals surface area (Å²) in [5.74, 6) is -1.68. The Morgan fingerprint density at radius 3 is 2.52 bits per heavy atom. The summed E-state index contributed by atoms with van der Waals surface area (Å²) in [4.78, 5) is 31.4. The molecule has 1 atom stereocenters. The number of amides is 1. The molecule has 1 amide bonds. The number of nitrogens with one attached hydrogen (secondary N) is 2. The van der Waals surface area contributed by atoms with Crippen molar-refractivity contribution in [2.24, 2.45) is 10.9 Å². The zero-order valence-electron chi connectivity index (χ0n) is 14.8. The Kier molecular flexibility index (Phi) is 5.81. The number of carbonyl (C=O) groups excluding carboxylic acids is 1. The molecule has 7 N–H and O–H groups in total. The van der Waals surface area contributed by atoms with Gasteiger partial charge in [0, 0.05) is 11.9 Å². The monoisotopic (exact) mass is 412 g/mol. The molecule has 3 aromatic rings. The minimum absolute atomic E-state index is 0.00689. The van der Waals surface area contributed by atoms with E-state index in [1.165, 1.54) is 18.3 Å². The van der Waals surface area contributed by atoms with Crippen molar-refractivity contribution in [3.63, 3.8) is 0 Å². The van der Waals surface area contributed by atoms with Crippen molar-refractivity contribution in [2.45, 2.75) is 4.90 Å². The van der Waals surface area contributed by atoms with Crippen LogP contribution in [-0.4, -0.2) is 31.2 Å². The number of anilines is 4. The fraction of sp³-hybridized carbons (Fsp3) is 0. The highest BCUT2D eigenvalue weighted by molar-refractivity contribution is 7.82. The van der Waals surface area contributed by atoms with Crippen LogP contribution in [-0.2, 0) is 11.0 Å². The van der Waals surface area contributed by atoms with E-state index in [1.54, 1.807) is 36.4 Å². The van der Waals surface area contributed by atoms with Gasteiger partial charge in [-0.05, 0) is 30.3 Å². The number of aromatic carboxylic acids is 1. The first-order valence-electron chi connectivity index (χ1n) is 8.14.